The number of nitrogens with one attached hydrogen (secondary N) is 2. The fraction of sp³-hybridized carbons (Fsp3) is 0.375. The van der Waals surface area contributed by atoms with E-state index in [1.807, 2.05) is 17.6 Å². The zero-order valence-electron chi connectivity index (χ0n) is 13.3. The molecule has 3 heterocycles. The Morgan fingerprint density at radius 2 is 2.08 bits per heavy atom. The third kappa shape index (κ3) is 2.17. The SMILES string of the molecule is Cc1cc(Nc2cc(N)ncn2)c(=S)n2c1C(=O)NC21CCCC1. The molecule has 1 aliphatic carbocycles. The molecule has 2 aromatic heterocycles. The highest BCUT2D eigenvalue weighted by atomic mass is 32.1. The number of nitrogen functional groups attached to an aromatic ring is 1. The molecule has 8 heteroatoms. The predicted molar refractivity (Wildman–Crippen MR) is 93.6 cm³/mol. The normalized spacial score (nSPS) is 17.8. The number of hydrogen-bond acceptors (Lipinski definition) is 6. The first-order valence-corrected chi connectivity index (χ1v) is 8.35. The minimum atomic E-state index is -0.378. The summed E-state index contributed by atoms with van der Waals surface area (Å²) >= 11 is 5.71. The zero-order valence-corrected chi connectivity index (χ0v) is 14.1. The van der Waals surface area contributed by atoms with Crippen molar-refractivity contribution in [2.24, 2.45) is 0 Å². The van der Waals surface area contributed by atoms with E-state index < -0.39 is 0 Å². The summed E-state index contributed by atoms with van der Waals surface area (Å²) in [6.45, 7) is 1.92. The van der Waals surface area contributed by atoms with Crippen molar-refractivity contribution < 1.29 is 4.79 Å². The van der Waals surface area contributed by atoms with E-state index in [4.69, 9.17) is 18.0 Å². The number of nitrogens with two attached hydrogens (primary N) is 1. The summed E-state index contributed by atoms with van der Waals surface area (Å²) in [4.78, 5) is 20.5. The smallest absolute Gasteiger partial charge is 0.270 e. The highest BCUT2D eigenvalue weighted by Crippen LogP contribution is 2.41. The summed E-state index contributed by atoms with van der Waals surface area (Å²) in [6.07, 6.45) is 5.38. The van der Waals surface area contributed by atoms with Crippen molar-refractivity contribution in [1.29, 1.82) is 0 Å². The molecule has 24 heavy (non-hydrogen) atoms. The molecule has 1 spiro atoms. The first-order valence-electron chi connectivity index (χ1n) is 7.94. The van der Waals surface area contributed by atoms with E-state index in [-0.39, 0.29) is 11.6 Å². The molecule has 1 amide bonds. The molecule has 0 radical (unpaired) electrons. The predicted octanol–water partition coefficient (Wildman–Crippen LogP) is 2.61. The van der Waals surface area contributed by atoms with Gasteiger partial charge in [-0.3, -0.25) is 4.79 Å². The molecule has 1 saturated carbocycles. The maximum atomic E-state index is 12.5. The fourth-order valence-electron chi connectivity index (χ4n) is 3.74. The molecule has 124 valence electrons. The summed E-state index contributed by atoms with van der Waals surface area (Å²) < 4.78 is 2.60. The number of nitrogens with zero attached hydrogens (tertiary/aromatic N) is 3. The average Bonchev–Trinajstić information content (AvgIpc) is 3.10. The largest absolute Gasteiger partial charge is 0.384 e. The molecule has 0 atom stereocenters. The van der Waals surface area contributed by atoms with Crippen LogP contribution in [0, 0.1) is 11.6 Å². The van der Waals surface area contributed by atoms with Crippen LogP contribution in [-0.2, 0) is 5.66 Å². The Kier molecular flexibility index (Phi) is 3.31. The van der Waals surface area contributed by atoms with Crippen molar-refractivity contribution in [3.63, 3.8) is 0 Å². The third-order valence-corrected chi connectivity index (χ3v) is 5.16. The van der Waals surface area contributed by atoms with Gasteiger partial charge in [-0.25, -0.2) is 9.97 Å². The molecular weight excluding hydrogens is 324 g/mol. The van der Waals surface area contributed by atoms with Crippen LogP contribution in [0.3, 0.4) is 0 Å². The van der Waals surface area contributed by atoms with Gasteiger partial charge in [0.15, 0.2) is 0 Å². The van der Waals surface area contributed by atoms with Crippen molar-refractivity contribution >= 4 is 35.4 Å². The number of carbonyl (C=O) groups is 1. The molecule has 2 aliphatic rings. The minimum Gasteiger partial charge on any atom is -0.384 e. The van der Waals surface area contributed by atoms with Gasteiger partial charge in [0.2, 0.25) is 0 Å². The van der Waals surface area contributed by atoms with Crippen molar-refractivity contribution in [2.75, 3.05) is 11.1 Å². The van der Waals surface area contributed by atoms with Crippen molar-refractivity contribution in [3.8, 4) is 0 Å². The topological polar surface area (TPSA) is 97.9 Å². The minimum absolute atomic E-state index is 0.0432. The Balaban J connectivity index is 1.85. The Morgan fingerprint density at radius 3 is 2.79 bits per heavy atom. The molecule has 0 bridgehead atoms. The molecule has 0 saturated heterocycles. The van der Waals surface area contributed by atoms with Gasteiger partial charge in [-0.1, -0.05) is 12.2 Å². The van der Waals surface area contributed by atoms with Gasteiger partial charge in [0, 0.05) is 6.07 Å². The van der Waals surface area contributed by atoms with Crippen LogP contribution in [0.5, 0.6) is 0 Å². The maximum absolute atomic E-state index is 12.5. The number of rotatable bonds is 2. The summed E-state index contributed by atoms with van der Waals surface area (Å²) in [5, 5.41) is 6.37. The van der Waals surface area contributed by atoms with E-state index in [0.29, 0.717) is 22.0 Å². The van der Waals surface area contributed by atoms with Crippen LogP contribution >= 0.6 is 12.2 Å². The Morgan fingerprint density at radius 1 is 1.33 bits per heavy atom. The lowest BCUT2D eigenvalue weighted by molar-refractivity contribution is 0.0920. The number of hydrogen-bond donors (Lipinski definition) is 3. The maximum Gasteiger partial charge on any atom is 0.270 e. The second kappa shape index (κ2) is 5.27. The van der Waals surface area contributed by atoms with Crippen LogP contribution in [0.15, 0.2) is 18.5 Å². The number of carbonyl (C=O) groups excluding carboxylic acids is 1. The number of amides is 1. The van der Waals surface area contributed by atoms with Gasteiger partial charge in [-0.05, 0) is 44.2 Å². The zero-order chi connectivity index (χ0) is 16.9. The number of anilines is 3. The molecule has 7 nitrogen and oxygen atoms in total. The van der Waals surface area contributed by atoms with E-state index >= 15 is 0 Å². The van der Waals surface area contributed by atoms with Crippen LogP contribution in [0.25, 0.3) is 0 Å². The quantitative estimate of drug-likeness (QED) is 0.726. The van der Waals surface area contributed by atoms with Gasteiger partial charge < -0.3 is 20.9 Å². The van der Waals surface area contributed by atoms with Crippen LogP contribution in [0.4, 0.5) is 17.3 Å². The number of aromatic nitrogens is 3. The fourth-order valence-corrected chi connectivity index (χ4v) is 4.11. The van der Waals surface area contributed by atoms with Gasteiger partial charge >= 0.3 is 0 Å². The average molecular weight is 342 g/mol. The van der Waals surface area contributed by atoms with Gasteiger partial charge in [-0.2, -0.15) is 0 Å². The highest BCUT2D eigenvalue weighted by molar-refractivity contribution is 7.71. The number of fused-ring (bicyclic) bond motifs is 2. The van der Waals surface area contributed by atoms with E-state index in [1.54, 1.807) is 6.07 Å². The van der Waals surface area contributed by atoms with E-state index in [9.17, 15) is 4.79 Å². The Labute approximate surface area is 144 Å². The number of pyridine rings is 1. The first-order chi connectivity index (χ1) is 11.5. The van der Waals surface area contributed by atoms with Crippen LogP contribution in [0.2, 0.25) is 0 Å². The standard InChI is InChI=1S/C16H18N6OS/c1-9-6-10(20-12-7-11(17)18-8-19-12)15(24)22-13(9)14(23)21-16(22)4-2-3-5-16/h6-8H,2-5H2,1H3,(H,21,23)(H3,17,18,19,20). The van der Waals surface area contributed by atoms with Crippen LogP contribution in [-0.4, -0.2) is 20.4 Å². The molecule has 4 N–H and O–H groups in total. The van der Waals surface area contributed by atoms with Gasteiger partial charge in [0.05, 0.1) is 5.69 Å². The van der Waals surface area contributed by atoms with E-state index in [1.165, 1.54) is 6.33 Å². The second-order valence-corrected chi connectivity index (χ2v) is 6.76. The molecule has 0 aromatic carbocycles. The lowest BCUT2D eigenvalue weighted by atomic mass is 10.1. The van der Waals surface area contributed by atoms with E-state index in [0.717, 1.165) is 36.9 Å². The lowest BCUT2D eigenvalue weighted by Crippen LogP contribution is -2.40. The van der Waals surface area contributed by atoms with Crippen LogP contribution in [0.1, 0.15) is 41.7 Å². The van der Waals surface area contributed by atoms with E-state index in [2.05, 4.69) is 20.6 Å². The van der Waals surface area contributed by atoms with Gasteiger partial charge in [0.1, 0.15) is 34.0 Å². The first kappa shape index (κ1) is 15.1. The third-order valence-electron chi connectivity index (χ3n) is 4.76. The van der Waals surface area contributed by atoms with Crippen molar-refractivity contribution in [1.82, 2.24) is 19.9 Å². The monoisotopic (exact) mass is 342 g/mol. The van der Waals surface area contributed by atoms with Gasteiger partial charge in [0.25, 0.3) is 5.91 Å². The molecule has 2 aromatic rings. The van der Waals surface area contributed by atoms with Gasteiger partial charge in [-0.15, -0.1) is 0 Å². The lowest BCUT2D eigenvalue weighted by Gasteiger charge is -2.28. The summed E-state index contributed by atoms with van der Waals surface area (Å²) in [5.74, 6) is 0.915. The van der Waals surface area contributed by atoms with Crippen LogP contribution < -0.4 is 16.4 Å². The molecule has 0 unspecified atom stereocenters. The Hall–Kier alpha value is -2.48. The molecule has 1 aliphatic heterocycles. The second-order valence-electron chi connectivity index (χ2n) is 6.38. The summed E-state index contributed by atoms with van der Waals surface area (Å²) in [7, 11) is 0. The molecule has 4 rings (SSSR count). The summed E-state index contributed by atoms with van der Waals surface area (Å²) in [5.41, 5.74) is 7.62. The number of aryl methyl sites for hydroxylation is 1. The van der Waals surface area contributed by atoms with Crippen molar-refractivity contribution in [2.45, 2.75) is 38.3 Å². The summed E-state index contributed by atoms with van der Waals surface area (Å²) in [6, 6.07) is 3.54. The highest BCUT2D eigenvalue weighted by Gasteiger charge is 2.45. The Bertz CT molecular complexity index is 900. The molecule has 1 fully saturated rings. The van der Waals surface area contributed by atoms with Crippen molar-refractivity contribution in [3.05, 3.63) is 34.4 Å². The molecular formula is C16H18N6OS.